The second-order valence-corrected chi connectivity index (χ2v) is 13.6. The Labute approximate surface area is 306 Å². The van der Waals surface area contributed by atoms with Crippen molar-refractivity contribution >= 4 is 40.4 Å². The van der Waals surface area contributed by atoms with E-state index in [1.807, 2.05) is 58.0 Å². The average Bonchev–Trinajstić information content (AvgIpc) is 3.10. The molecule has 276 valence electrons. The van der Waals surface area contributed by atoms with Crippen molar-refractivity contribution in [3.05, 3.63) is 69.1 Å². The highest BCUT2D eigenvalue weighted by atomic mass is 16.5. The number of hydrogen-bond donors (Lipinski definition) is 4. The first kappa shape index (κ1) is 38.3. The largest absolute Gasteiger partial charge is 0.507 e. The van der Waals surface area contributed by atoms with Gasteiger partial charge in [0.1, 0.15) is 42.0 Å². The Bertz CT molecular complexity index is 2160. The molecular formula is C44H53NO7. The van der Waals surface area contributed by atoms with E-state index in [2.05, 4.69) is 27.0 Å². The number of nitrogens with two attached hydrogens (primary N) is 1. The molecule has 5 aromatic carbocycles. The van der Waals surface area contributed by atoms with Crippen molar-refractivity contribution < 1.29 is 34.3 Å². The second-order valence-electron chi connectivity index (χ2n) is 13.6. The molecule has 8 heteroatoms. The van der Waals surface area contributed by atoms with Crippen LogP contribution in [0, 0.1) is 27.7 Å². The molecule has 0 aromatic heterocycles. The molecule has 0 aliphatic carbocycles. The van der Waals surface area contributed by atoms with Crippen LogP contribution in [0.5, 0.6) is 28.7 Å². The maximum Gasteiger partial charge on any atom is 0.135 e. The Morgan fingerprint density at radius 2 is 1.00 bits per heavy atom. The van der Waals surface area contributed by atoms with Crippen LogP contribution >= 0.6 is 0 Å². The number of anilines is 1. The van der Waals surface area contributed by atoms with Crippen molar-refractivity contribution in [2.75, 3.05) is 45.4 Å². The molecule has 0 aliphatic rings. The molecule has 5 aromatic rings. The third-order valence-electron chi connectivity index (χ3n) is 9.57. The molecule has 0 saturated carbocycles. The number of rotatable bonds is 16. The first-order valence-corrected chi connectivity index (χ1v) is 18.2. The van der Waals surface area contributed by atoms with Gasteiger partial charge in [-0.25, -0.2) is 0 Å². The lowest BCUT2D eigenvalue weighted by molar-refractivity contribution is 0.0976. The number of phenolic OH excluding ortho intramolecular Hbond substituents is 3. The lowest BCUT2D eigenvalue weighted by Crippen LogP contribution is -2.14. The van der Waals surface area contributed by atoms with Crippen molar-refractivity contribution in [2.45, 2.75) is 67.2 Å². The van der Waals surface area contributed by atoms with Crippen LogP contribution < -0.4 is 25.6 Å². The van der Waals surface area contributed by atoms with E-state index in [1.165, 1.54) is 0 Å². The summed E-state index contributed by atoms with van der Waals surface area (Å²) in [6.07, 6.45) is 4.21. The summed E-state index contributed by atoms with van der Waals surface area (Å²) in [6.45, 7) is 24.1. The van der Waals surface area contributed by atoms with E-state index in [1.54, 1.807) is 6.07 Å². The van der Waals surface area contributed by atoms with Gasteiger partial charge in [0.05, 0.1) is 24.0 Å². The maximum atomic E-state index is 11.9. The topological polar surface area (TPSA) is 124 Å². The fourth-order valence-corrected chi connectivity index (χ4v) is 6.99. The SMILES string of the molecule is C=c1cc(-c2cc(C)c(OCCOCCCC)c(C)c2)c(=C)c2c(O)c3c(N)cc(-c4cc(C)c(OCCOCCCC)c(C)c4)c(O)c3c(O)c12. The molecule has 8 nitrogen and oxygen atoms in total. The molecule has 0 saturated heterocycles. The third-order valence-corrected chi connectivity index (χ3v) is 9.57. The Hall–Kier alpha value is -4.92. The van der Waals surface area contributed by atoms with Gasteiger partial charge in [0.25, 0.3) is 0 Å². The summed E-state index contributed by atoms with van der Waals surface area (Å²) in [5.74, 6) is 0.927. The molecule has 52 heavy (non-hydrogen) atoms. The number of aryl methyl sites for hydroxylation is 4. The lowest BCUT2D eigenvalue weighted by Gasteiger charge is -2.19. The van der Waals surface area contributed by atoms with E-state index >= 15 is 0 Å². The summed E-state index contributed by atoms with van der Waals surface area (Å²) in [6, 6.07) is 11.3. The highest BCUT2D eigenvalue weighted by molar-refractivity contribution is 6.18. The van der Waals surface area contributed by atoms with Crippen molar-refractivity contribution in [3.8, 4) is 51.0 Å². The number of hydrogen-bond acceptors (Lipinski definition) is 8. The third kappa shape index (κ3) is 7.64. The Morgan fingerprint density at radius 3 is 1.48 bits per heavy atom. The molecule has 0 bridgehead atoms. The van der Waals surface area contributed by atoms with Crippen LogP contribution in [-0.2, 0) is 9.47 Å². The molecule has 0 amide bonds. The van der Waals surface area contributed by atoms with Gasteiger partial charge >= 0.3 is 0 Å². The molecular weight excluding hydrogens is 654 g/mol. The molecule has 5 N–H and O–H groups in total. The normalized spacial score (nSPS) is 11.5. The van der Waals surface area contributed by atoms with Gasteiger partial charge in [-0.2, -0.15) is 0 Å². The number of fused-ring (bicyclic) bond motifs is 2. The van der Waals surface area contributed by atoms with E-state index < -0.39 is 0 Å². The molecule has 5 rings (SSSR count). The molecule has 0 spiro atoms. The smallest absolute Gasteiger partial charge is 0.135 e. The summed E-state index contributed by atoms with van der Waals surface area (Å²) >= 11 is 0. The molecule has 0 aliphatic heterocycles. The van der Waals surface area contributed by atoms with E-state index in [-0.39, 0.29) is 33.7 Å². The Kier molecular flexibility index (Phi) is 12.2. The second kappa shape index (κ2) is 16.6. The van der Waals surface area contributed by atoms with Gasteiger partial charge in [-0.3, -0.25) is 0 Å². The van der Waals surface area contributed by atoms with Crippen LogP contribution in [0.25, 0.3) is 57.0 Å². The van der Waals surface area contributed by atoms with Gasteiger partial charge in [0, 0.05) is 35.2 Å². The predicted octanol–water partition coefficient (Wildman–Crippen LogP) is 8.47. The predicted molar refractivity (Wildman–Crippen MR) is 213 cm³/mol. The van der Waals surface area contributed by atoms with Crippen LogP contribution in [0.15, 0.2) is 36.4 Å². The number of benzene rings is 5. The van der Waals surface area contributed by atoms with Crippen molar-refractivity contribution in [2.24, 2.45) is 0 Å². The lowest BCUT2D eigenvalue weighted by atomic mass is 9.89. The summed E-state index contributed by atoms with van der Waals surface area (Å²) in [7, 11) is 0. The zero-order valence-electron chi connectivity index (χ0n) is 31.5. The maximum absolute atomic E-state index is 11.9. The first-order chi connectivity index (χ1) is 24.9. The van der Waals surface area contributed by atoms with Crippen LogP contribution in [0.1, 0.15) is 61.8 Å². The summed E-state index contributed by atoms with van der Waals surface area (Å²) < 4.78 is 23.4. The fraction of sp³-hybridized carbons (Fsp3) is 0.364. The van der Waals surface area contributed by atoms with Crippen molar-refractivity contribution in [3.63, 3.8) is 0 Å². The minimum absolute atomic E-state index is 0.0452. The number of aromatic hydroxyl groups is 3. The Balaban J connectivity index is 1.54. The van der Waals surface area contributed by atoms with E-state index in [0.29, 0.717) is 65.4 Å². The van der Waals surface area contributed by atoms with Crippen molar-refractivity contribution in [1.82, 2.24) is 0 Å². The highest BCUT2D eigenvalue weighted by Crippen LogP contribution is 2.50. The quantitative estimate of drug-likeness (QED) is 0.0349. The van der Waals surface area contributed by atoms with Gasteiger partial charge in [-0.15, -0.1) is 0 Å². The van der Waals surface area contributed by atoms with Gasteiger partial charge in [-0.05, 0) is 126 Å². The minimum Gasteiger partial charge on any atom is -0.507 e. The number of ether oxygens (including phenoxy) is 4. The fourth-order valence-electron chi connectivity index (χ4n) is 6.99. The Morgan fingerprint density at radius 1 is 0.538 bits per heavy atom. The van der Waals surface area contributed by atoms with E-state index in [9.17, 15) is 15.3 Å². The van der Waals surface area contributed by atoms with Crippen LogP contribution in [0.4, 0.5) is 5.69 Å². The average molecular weight is 708 g/mol. The zero-order valence-corrected chi connectivity index (χ0v) is 31.5. The first-order valence-electron chi connectivity index (χ1n) is 18.2. The van der Waals surface area contributed by atoms with Gasteiger partial charge in [0.15, 0.2) is 0 Å². The highest BCUT2D eigenvalue weighted by Gasteiger charge is 2.24. The van der Waals surface area contributed by atoms with E-state index in [0.717, 1.165) is 77.2 Å². The standard InChI is InChI=1S/C44H53NO7/c1-9-11-13-49-15-17-51-43-26(4)19-31(20-27(43)5)33-23-25(3)36-37(30(33)8)42(48)38-35(45)24-34(40(46)39(38)41(36)47)32-21-28(6)44(29(7)22-32)52-18-16-50-14-12-10-2/h19-24,46-48H,3,8-18,45H2,1-2,4-7H3. The van der Waals surface area contributed by atoms with Crippen LogP contribution in [-0.4, -0.2) is 55.0 Å². The number of nitrogen functional groups attached to an aromatic ring is 1. The van der Waals surface area contributed by atoms with Gasteiger partial charge in [0.2, 0.25) is 0 Å². The minimum atomic E-state index is -0.232. The molecule has 0 unspecified atom stereocenters. The van der Waals surface area contributed by atoms with Crippen LogP contribution in [0.3, 0.4) is 0 Å². The monoisotopic (exact) mass is 707 g/mol. The number of unbranched alkanes of at least 4 members (excludes halogenated alkanes) is 2. The van der Waals surface area contributed by atoms with Gasteiger partial charge in [-0.1, -0.05) is 39.8 Å². The number of phenols is 3. The van der Waals surface area contributed by atoms with Crippen LogP contribution in [0.2, 0.25) is 0 Å². The summed E-state index contributed by atoms with van der Waals surface area (Å²) in [4.78, 5) is 0. The molecule has 0 atom stereocenters. The zero-order chi connectivity index (χ0) is 37.7. The molecule has 0 fully saturated rings. The van der Waals surface area contributed by atoms with Gasteiger partial charge < -0.3 is 40.0 Å². The summed E-state index contributed by atoms with van der Waals surface area (Å²) in [5.41, 5.74) is 13.2. The molecule has 0 heterocycles. The van der Waals surface area contributed by atoms with Crippen molar-refractivity contribution in [1.29, 1.82) is 0 Å². The molecule has 0 radical (unpaired) electrons. The van der Waals surface area contributed by atoms with E-state index in [4.69, 9.17) is 24.7 Å². The summed E-state index contributed by atoms with van der Waals surface area (Å²) in [5, 5.41) is 37.2.